The fourth-order valence-electron chi connectivity index (χ4n) is 2.57. The molecule has 1 aliphatic rings. The number of hydrogen-bond acceptors (Lipinski definition) is 3. The van der Waals surface area contributed by atoms with Gasteiger partial charge in [-0.15, -0.1) is 11.8 Å². The summed E-state index contributed by atoms with van der Waals surface area (Å²) in [6, 6.07) is 13.0. The van der Waals surface area contributed by atoms with E-state index in [4.69, 9.17) is 23.2 Å². The van der Waals surface area contributed by atoms with Crippen molar-refractivity contribution in [2.45, 2.75) is 10.6 Å². The number of rotatable bonds is 4. The molecule has 7 heteroatoms. The minimum atomic E-state index is -0.787. The summed E-state index contributed by atoms with van der Waals surface area (Å²) in [6.07, 6.45) is 0. The molecule has 1 aliphatic heterocycles. The van der Waals surface area contributed by atoms with Gasteiger partial charge in [0.25, 0.3) is 5.91 Å². The van der Waals surface area contributed by atoms with E-state index in [1.165, 1.54) is 0 Å². The molecule has 0 aliphatic carbocycles. The summed E-state index contributed by atoms with van der Waals surface area (Å²) in [5.74, 6) is 1.83. The van der Waals surface area contributed by atoms with Crippen LogP contribution in [-0.2, 0) is 16.6 Å². The molecule has 3 nitrogen and oxygen atoms in total. The molecule has 25 heavy (non-hydrogen) atoms. The molecule has 1 saturated heterocycles. The second-order valence-electron chi connectivity index (χ2n) is 5.70. The van der Waals surface area contributed by atoms with Crippen LogP contribution in [0, 0.1) is 0 Å². The van der Waals surface area contributed by atoms with Gasteiger partial charge in [-0.1, -0.05) is 35.3 Å². The smallest absolute Gasteiger partial charge is 0.253 e. The molecule has 1 amide bonds. The van der Waals surface area contributed by atoms with E-state index in [-0.39, 0.29) is 5.91 Å². The van der Waals surface area contributed by atoms with E-state index >= 15 is 0 Å². The molecule has 0 aromatic heterocycles. The number of thioether (sulfide) groups is 1. The number of nitrogens with zero attached hydrogens (tertiary/aromatic N) is 1. The van der Waals surface area contributed by atoms with Crippen molar-refractivity contribution in [2.24, 2.45) is 0 Å². The molecule has 0 unspecified atom stereocenters. The number of benzene rings is 2. The predicted octanol–water partition coefficient (Wildman–Crippen LogP) is 4.49. The van der Waals surface area contributed by atoms with Crippen molar-refractivity contribution in [1.82, 2.24) is 4.90 Å². The van der Waals surface area contributed by atoms with Crippen LogP contribution in [0.5, 0.6) is 0 Å². The van der Waals surface area contributed by atoms with E-state index in [2.05, 4.69) is 0 Å². The molecule has 0 N–H and O–H groups in total. The zero-order chi connectivity index (χ0) is 17.8. The third kappa shape index (κ3) is 5.00. The van der Waals surface area contributed by atoms with Gasteiger partial charge >= 0.3 is 0 Å². The molecule has 0 atom stereocenters. The molecule has 1 heterocycles. The van der Waals surface area contributed by atoms with Crippen LogP contribution in [0.25, 0.3) is 0 Å². The number of amides is 1. The Bertz CT molecular complexity index is 803. The summed E-state index contributed by atoms with van der Waals surface area (Å²) in [5, 5.41) is 1.32. The third-order valence-corrected chi connectivity index (χ3v) is 7.01. The largest absolute Gasteiger partial charge is 0.337 e. The Kier molecular flexibility index (Phi) is 6.44. The predicted molar refractivity (Wildman–Crippen MR) is 106 cm³/mol. The molecular weight excluding hydrogens is 397 g/mol. The summed E-state index contributed by atoms with van der Waals surface area (Å²) in [6.45, 7) is 1.12. The Morgan fingerprint density at radius 1 is 1.12 bits per heavy atom. The minimum absolute atomic E-state index is 0.00402. The van der Waals surface area contributed by atoms with E-state index in [0.717, 1.165) is 10.5 Å². The van der Waals surface area contributed by atoms with Gasteiger partial charge in [0.05, 0.1) is 5.02 Å². The van der Waals surface area contributed by atoms with Crippen molar-refractivity contribution in [3.8, 4) is 0 Å². The number of carbonyl (C=O) groups excluding carboxylic acids is 1. The number of hydrogen-bond donors (Lipinski definition) is 0. The average Bonchev–Trinajstić information content (AvgIpc) is 2.63. The van der Waals surface area contributed by atoms with Crippen LogP contribution in [0.4, 0.5) is 0 Å². The van der Waals surface area contributed by atoms with Gasteiger partial charge in [-0.05, 0) is 35.9 Å². The first kappa shape index (κ1) is 18.8. The first-order valence-electron chi connectivity index (χ1n) is 7.84. The molecule has 2 aromatic rings. The van der Waals surface area contributed by atoms with Gasteiger partial charge in [-0.25, -0.2) is 0 Å². The van der Waals surface area contributed by atoms with E-state index in [0.29, 0.717) is 46.0 Å². The molecule has 1 fully saturated rings. The summed E-state index contributed by atoms with van der Waals surface area (Å²) in [7, 11) is -0.787. The number of halogens is 2. The molecule has 3 rings (SSSR count). The standard InChI is InChI=1S/C18H17Cl2NO2S2/c19-15-4-5-16(20)17(11-15)24-12-13-2-1-3-14(10-13)18(22)21-6-8-25(23)9-7-21/h1-5,10-11H,6-9,12H2. The maximum Gasteiger partial charge on any atom is 0.253 e. The highest BCUT2D eigenvalue weighted by atomic mass is 35.5. The van der Waals surface area contributed by atoms with Crippen LogP contribution in [0.2, 0.25) is 10.0 Å². The van der Waals surface area contributed by atoms with Gasteiger partial charge in [-0.2, -0.15) is 0 Å². The lowest BCUT2D eigenvalue weighted by Gasteiger charge is -2.26. The minimum Gasteiger partial charge on any atom is -0.337 e. The first-order valence-corrected chi connectivity index (χ1v) is 11.1. The molecule has 0 bridgehead atoms. The Balaban J connectivity index is 1.68. The molecule has 0 spiro atoms. The summed E-state index contributed by atoms with van der Waals surface area (Å²) >= 11 is 13.8. The van der Waals surface area contributed by atoms with Crippen molar-refractivity contribution in [1.29, 1.82) is 0 Å². The van der Waals surface area contributed by atoms with Gasteiger partial charge in [0.15, 0.2) is 0 Å². The zero-order valence-electron chi connectivity index (χ0n) is 13.4. The third-order valence-electron chi connectivity index (χ3n) is 3.93. The second kappa shape index (κ2) is 8.58. The molecule has 0 saturated carbocycles. The number of carbonyl (C=O) groups is 1. The Morgan fingerprint density at radius 3 is 2.64 bits per heavy atom. The van der Waals surface area contributed by atoms with Crippen LogP contribution < -0.4 is 0 Å². The van der Waals surface area contributed by atoms with Crippen LogP contribution in [-0.4, -0.2) is 39.6 Å². The second-order valence-corrected chi connectivity index (χ2v) is 9.26. The van der Waals surface area contributed by atoms with Crippen molar-refractivity contribution >= 4 is 51.7 Å². The lowest BCUT2D eigenvalue weighted by molar-refractivity contribution is 0.0771. The highest BCUT2D eigenvalue weighted by Crippen LogP contribution is 2.32. The summed E-state index contributed by atoms with van der Waals surface area (Å²) in [5.41, 5.74) is 1.72. The van der Waals surface area contributed by atoms with Crippen LogP contribution >= 0.6 is 35.0 Å². The van der Waals surface area contributed by atoms with Crippen LogP contribution in [0.1, 0.15) is 15.9 Å². The quantitative estimate of drug-likeness (QED) is 0.692. The summed E-state index contributed by atoms with van der Waals surface area (Å²) < 4.78 is 11.4. The van der Waals surface area contributed by atoms with Crippen molar-refractivity contribution < 1.29 is 9.00 Å². The Hall–Kier alpha value is -1.01. The van der Waals surface area contributed by atoms with E-state index in [9.17, 15) is 9.00 Å². The van der Waals surface area contributed by atoms with E-state index < -0.39 is 10.8 Å². The van der Waals surface area contributed by atoms with Crippen LogP contribution in [0.15, 0.2) is 47.4 Å². The van der Waals surface area contributed by atoms with Gasteiger partial charge in [0, 0.05) is 56.6 Å². The van der Waals surface area contributed by atoms with Gasteiger partial charge in [-0.3, -0.25) is 9.00 Å². The highest BCUT2D eigenvalue weighted by Gasteiger charge is 2.21. The average molecular weight is 414 g/mol. The van der Waals surface area contributed by atoms with E-state index in [1.807, 2.05) is 30.3 Å². The van der Waals surface area contributed by atoms with Gasteiger partial charge in [0.2, 0.25) is 0 Å². The van der Waals surface area contributed by atoms with Crippen molar-refractivity contribution in [3.63, 3.8) is 0 Å². The fourth-order valence-corrected chi connectivity index (χ4v) is 5.05. The molecular formula is C18H17Cl2NO2S2. The lowest BCUT2D eigenvalue weighted by Crippen LogP contribution is -2.41. The Morgan fingerprint density at radius 2 is 1.88 bits per heavy atom. The lowest BCUT2D eigenvalue weighted by atomic mass is 10.1. The van der Waals surface area contributed by atoms with Crippen molar-refractivity contribution in [2.75, 3.05) is 24.6 Å². The maximum atomic E-state index is 12.6. The summed E-state index contributed by atoms with van der Waals surface area (Å²) in [4.78, 5) is 15.3. The highest BCUT2D eigenvalue weighted by molar-refractivity contribution is 7.98. The molecule has 2 aromatic carbocycles. The Labute approximate surface area is 164 Å². The topological polar surface area (TPSA) is 37.4 Å². The normalized spacial score (nSPS) is 15.4. The van der Waals surface area contributed by atoms with Crippen LogP contribution in [0.3, 0.4) is 0 Å². The SMILES string of the molecule is O=C(c1cccc(CSc2cc(Cl)ccc2Cl)c1)N1CCS(=O)CC1. The maximum absolute atomic E-state index is 12.6. The monoisotopic (exact) mass is 413 g/mol. The zero-order valence-corrected chi connectivity index (χ0v) is 16.6. The fraction of sp³-hybridized carbons (Fsp3) is 0.278. The van der Waals surface area contributed by atoms with E-state index in [1.54, 1.807) is 28.8 Å². The molecule has 132 valence electrons. The van der Waals surface area contributed by atoms with Gasteiger partial charge < -0.3 is 4.90 Å². The molecule has 0 radical (unpaired) electrons. The van der Waals surface area contributed by atoms with Gasteiger partial charge in [0.1, 0.15) is 0 Å². The van der Waals surface area contributed by atoms with Crippen molar-refractivity contribution in [3.05, 3.63) is 63.6 Å². The first-order chi connectivity index (χ1) is 12.0.